The number of nitrogens with zero attached hydrogens (tertiary/aromatic N) is 3. The number of aliphatic imine (C=N–C) groups is 1. The molecule has 2 aliphatic rings. The zero-order valence-corrected chi connectivity index (χ0v) is 14.9. The van der Waals surface area contributed by atoms with Gasteiger partial charge in [0, 0.05) is 38.9 Å². The summed E-state index contributed by atoms with van der Waals surface area (Å²) in [5.41, 5.74) is 0.628. The van der Waals surface area contributed by atoms with Gasteiger partial charge in [-0.25, -0.2) is 4.98 Å². The van der Waals surface area contributed by atoms with Gasteiger partial charge in [0.15, 0.2) is 5.96 Å². The minimum atomic E-state index is 0.628. The molecule has 0 unspecified atom stereocenters. The van der Waals surface area contributed by atoms with Gasteiger partial charge in [0.2, 0.25) is 0 Å². The number of anilines is 1. The van der Waals surface area contributed by atoms with E-state index in [9.17, 15) is 0 Å². The number of rotatable bonds is 7. The van der Waals surface area contributed by atoms with E-state index in [-0.39, 0.29) is 0 Å². The Morgan fingerprint density at radius 3 is 2.88 bits per heavy atom. The van der Waals surface area contributed by atoms with Crippen molar-refractivity contribution >= 4 is 11.8 Å². The van der Waals surface area contributed by atoms with Crippen molar-refractivity contribution in [3.05, 3.63) is 24.4 Å². The molecule has 132 valence electrons. The predicted molar refractivity (Wildman–Crippen MR) is 100 cm³/mol. The highest BCUT2D eigenvalue weighted by atomic mass is 15.3. The SMILES string of the molecule is CCNC(=NCCCCNc1ccccn1)N1CCC2(CCC2)C1. The summed E-state index contributed by atoms with van der Waals surface area (Å²) in [6.07, 6.45) is 9.65. The largest absolute Gasteiger partial charge is 0.370 e. The van der Waals surface area contributed by atoms with Crippen molar-refractivity contribution < 1.29 is 0 Å². The number of guanidine groups is 1. The summed E-state index contributed by atoms with van der Waals surface area (Å²) in [6, 6.07) is 5.95. The summed E-state index contributed by atoms with van der Waals surface area (Å²) >= 11 is 0. The lowest BCUT2D eigenvalue weighted by Gasteiger charge is -2.38. The molecule has 1 saturated heterocycles. The number of pyridine rings is 1. The van der Waals surface area contributed by atoms with Gasteiger partial charge < -0.3 is 15.5 Å². The van der Waals surface area contributed by atoms with Crippen LogP contribution in [0.1, 0.15) is 45.4 Å². The van der Waals surface area contributed by atoms with Crippen molar-refractivity contribution in [1.82, 2.24) is 15.2 Å². The number of hydrogen-bond donors (Lipinski definition) is 2. The average Bonchev–Trinajstić information content (AvgIpc) is 3.04. The van der Waals surface area contributed by atoms with E-state index in [4.69, 9.17) is 4.99 Å². The van der Waals surface area contributed by atoms with E-state index in [1.165, 1.54) is 38.8 Å². The number of aromatic nitrogens is 1. The zero-order chi connectivity index (χ0) is 16.7. The highest BCUT2D eigenvalue weighted by Gasteiger charge is 2.43. The summed E-state index contributed by atoms with van der Waals surface area (Å²) in [4.78, 5) is 11.6. The normalized spacial score (nSPS) is 19.4. The van der Waals surface area contributed by atoms with Gasteiger partial charge in [-0.2, -0.15) is 0 Å². The molecule has 1 aliphatic heterocycles. The Bertz CT molecular complexity index is 524. The molecule has 1 spiro atoms. The molecule has 1 aliphatic carbocycles. The van der Waals surface area contributed by atoms with Crippen LogP contribution in [0.5, 0.6) is 0 Å². The van der Waals surface area contributed by atoms with Gasteiger partial charge in [-0.05, 0) is 56.6 Å². The van der Waals surface area contributed by atoms with E-state index >= 15 is 0 Å². The van der Waals surface area contributed by atoms with Crippen molar-refractivity contribution in [3.63, 3.8) is 0 Å². The van der Waals surface area contributed by atoms with Gasteiger partial charge in [-0.1, -0.05) is 12.5 Å². The van der Waals surface area contributed by atoms with Crippen molar-refractivity contribution in [3.8, 4) is 0 Å². The molecule has 0 radical (unpaired) electrons. The molecule has 24 heavy (non-hydrogen) atoms. The monoisotopic (exact) mass is 329 g/mol. The van der Waals surface area contributed by atoms with Crippen LogP contribution < -0.4 is 10.6 Å². The maximum Gasteiger partial charge on any atom is 0.193 e. The molecule has 0 bridgehead atoms. The Balaban J connectivity index is 1.38. The van der Waals surface area contributed by atoms with Crippen LogP contribution in [0.15, 0.2) is 29.4 Å². The first-order valence-electron chi connectivity index (χ1n) is 9.49. The van der Waals surface area contributed by atoms with Crippen LogP contribution in [0.4, 0.5) is 5.82 Å². The molecule has 5 nitrogen and oxygen atoms in total. The summed E-state index contributed by atoms with van der Waals surface area (Å²) in [6.45, 7) is 7.34. The molecule has 5 heteroatoms. The van der Waals surface area contributed by atoms with E-state index in [0.717, 1.165) is 44.3 Å². The summed E-state index contributed by atoms with van der Waals surface area (Å²) in [5, 5.41) is 6.83. The van der Waals surface area contributed by atoms with Crippen LogP contribution in [0, 0.1) is 5.41 Å². The Hall–Kier alpha value is -1.78. The molecule has 0 amide bonds. The van der Waals surface area contributed by atoms with E-state index in [0.29, 0.717) is 5.41 Å². The second-order valence-electron chi connectivity index (χ2n) is 7.11. The fraction of sp³-hybridized carbons (Fsp3) is 0.684. The Labute approximate surface area is 146 Å². The molecular weight excluding hydrogens is 298 g/mol. The highest BCUT2D eigenvalue weighted by molar-refractivity contribution is 5.80. The number of hydrogen-bond acceptors (Lipinski definition) is 3. The minimum absolute atomic E-state index is 0.628. The van der Waals surface area contributed by atoms with E-state index in [1.807, 2.05) is 24.4 Å². The Kier molecular flexibility index (Phi) is 5.94. The third-order valence-electron chi connectivity index (χ3n) is 5.30. The summed E-state index contributed by atoms with van der Waals surface area (Å²) in [7, 11) is 0. The van der Waals surface area contributed by atoms with Gasteiger partial charge in [0.05, 0.1) is 0 Å². The van der Waals surface area contributed by atoms with Gasteiger partial charge in [-0.3, -0.25) is 4.99 Å². The van der Waals surface area contributed by atoms with Crippen LogP contribution in [0.2, 0.25) is 0 Å². The van der Waals surface area contributed by atoms with Crippen LogP contribution in [0.25, 0.3) is 0 Å². The lowest BCUT2D eigenvalue weighted by Crippen LogP contribution is -2.42. The van der Waals surface area contributed by atoms with Gasteiger partial charge in [-0.15, -0.1) is 0 Å². The van der Waals surface area contributed by atoms with E-state index < -0.39 is 0 Å². The van der Waals surface area contributed by atoms with Crippen molar-refractivity contribution in [2.75, 3.05) is 38.0 Å². The Morgan fingerprint density at radius 2 is 2.21 bits per heavy atom. The Morgan fingerprint density at radius 1 is 1.29 bits per heavy atom. The van der Waals surface area contributed by atoms with Gasteiger partial charge in [0.25, 0.3) is 0 Å². The highest BCUT2D eigenvalue weighted by Crippen LogP contribution is 2.47. The van der Waals surface area contributed by atoms with Crippen LogP contribution >= 0.6 is 0 Å². The number of nitrogens with one attached hydrogen (secondary N) is 2. The standard InChI is InChI=1S/C19H31N5/c1-2-20-18(24-15-11-19(16-24)9-7-10-19)23-14-6-5-13-22-17-8-3-4-12-21-17/h3-4,8,12H,2,5-7,9-11,13-16H2,1H3,(H,20,23)(H,21,22). The predicted octanol–water partition coefficient (Wildman–Crippen LogP) is 3.12. The van der Waals surface area contributed by atoms with Crippen molar-refractivity contribution in [2.45, 2.75) is 45.4 Å². The quantitative estimate of drug-likeness (QED) is 0.458. The maximum atomic E-state index is 4.85. The average molecular weight is 329 g/mol. The second-order valence-corrected chi connectivity index (χ2v) is 7.11. The fourth-order valence-corrected chi connectivity index (χ4v) is 3.73. The third kappa shape index (κ3) is 4.40. The van der Waals surface area contributed by atoms with Crippen LogP contribution in [-0.4, -0.2) is 48.6 Å². The first-order chi connectivity index (χ1) is 11.8. The lowest BCUT2D eigenvalue weighted by atomic mass is 9.68. The molecule has 1 aromatic heterocycles. The molecule has 0 aromatic carbocycles. The zero-order valence-electron chi connectivity index (χ0n) is 14.9. The molecule has 2 heterocycles. The fourth-order valence-electron chi connectivity index (χ4n) is 3.73. The molecule has 0 atom stereocenters. The van der Waals surface area contributed by atoms with Crippen molar-refractivity contribution in [1.29, 1.82) is 0 Å². The van der Waals surface area contributed by atoms with Crippen molar-refractivity contribution in [2.24, 2.45) is 10.4 Å². The minimum Gasteiger partial charge on any atom is -0.370 e. The molecule has 2 N–H and O–H groups in total. The first kappa shape index (κ1) is 17.1. The lowest BCUT2D eigenvalue weighted by molar-refractivity contribution is 0.151. The summed E-state index contributed by atoms with van der Waals surface area (Å²) < 4.78 is 0. The van der Waals surface area contributed by atoms with Gasteiger partial charge >= 0.3 is 0 Å². The van der Waals surface area contributed by atoms with E-state index in [2.05, 4.69) is 27.4 Å². The molecular formula is C19H31N5. The number of unbranched alkanes of at least 4 members (excludes halogenated alkanes) is 1. The smallest absolute Gasteiger partial charge is 0.193 e. The second kappa shape index (κ2) is 8.36. The number of likely N-dealkylation sites (tertiary alicyclic amines) is 1. The van der Waals surface area contributed by atoms with Crippen LogP contribution in [-0.2, 0) is 0 Å². The topological polar surface area (TPSA) is 52.6 Å². The first-order valence-corrected chi connectivity index (χ1v) is 9.49. The third-order valence-corrected chi connectivity index (χ3v) is 5.30. The summed E-state index contributed by atoms with van der Waals surface area (Å²) in [5.74, 6) is 2.08. The maximum absolute atomic E-state index is 4.85. The molecule has 2 fully saturated rings. The molecule has 1 saturated carbocycles. The van der Waals surface area contributed by atoms with Crippen LogP contribution in [0.3, 0.4) is 0 Å². The molecule has 1 aromatic rings. The molecule has 3 rings (SSSR count). The van der Waals surface area contributed by atoms with E-state index in [1.54, 1.807) is 0 Å². The van der Waals surface area contributed by atoms with Gasteiger partial charge in [0.1, 0.15) is 5.82 Å².